The molecule has 3 nitrogen and oxygen atoms in total. The number of anilines is 3. The lowest BCUT2D eigenvalue weighted by atomic mass is 10.1. The Bertz CT molecular complexity index is 1070. The molecule has 4 aromatic carbocycles. The summed E-state index contributed by atoms with van der Waals surface area (Å²) in [6.45, 7) is 0. The smallest absolute Gasteiger partial charge is 0.337 e. The second-order valence-electron chi connectivity index (χ2n) is 6.24. The second-order valence-corrected chi connectivity index (χ2v) is 6.24. The number of hydrogen-bond acceptors (Lipinski definition) is 3. The van der Waals surface area contributed by atoms with E-state index in [9.17, 15) is 4.79 Å². The van der Waals surface area contributed by atoms with E-state index in [4.69, 9.17) is 4.74 Å². The molecule has 0 radical (unpaired) electrons. The summed E-state index contributed by atoms with van der Waals surface area (Å²) in [6.07, 6.45) is 0. The molecule has 0 heterocycles. The molecule has 0 unspecified atom stereocenters. The molecule has 4 aromatic rings. The molecule has 0 N–H and O–H groups in total. The zero-order valence-corrected chi connectivity index (χ0v) is 15.0. The summed E-state index contributed by atoms with van der Waals surface area (Å²) < 4.78 is 4.80. The molecule has 0 bridgehead atoms. The van der Waals surface area contributed by atoms with E-state index in [0.717, 1.165) is 17.1 Å². The van der Waals surface area contributed by atoms with Gasteiger partial charge in [0, 0.05) is 17.1 Å². The van der Waals surface area contributed by atoms with Crippen LogP contribution >= 0.6 is 0 Å². The molecule has 0 aliphatic heterocycles. The highest BCUT2D eigenvalue weighted by Crippen LogP contribution is 2.35. The normalized spacial score (nSPS) is 10.6. The molecule has 3 heteroatoms. The van der Waals surface area contributed by atoms with Crippen molar-refractivity contribution in [1.82, 2.24) is 0 Å². The van der Waals surface area contributed by atoms with E-state index >= 15 is 0 Å². The summed E-state index contributed by atoms with van der Waals surface area (Å²) in [7, 11) is 1.39. The van der Waals surface area contributed by atoms with Gasteiger partial charge in [-0.25, -0.2) is 4.79 Å². The zero-order chi connectivity index (χ0) is 18.6. The monoisotopic (exact) mass is 353 g/mol. The van der Waals surface area contributed by atoms with Crippen LogP contribution in [0.4, 0.5) is 17.1 Å². The summed E-state index contributed by atoms with van der Waals surface area (Å²) in [5.74, 6) is -0.335. The number of carbonyl (C=O) groups is 1. The van der Waals surface area contributed by atoms with Gasteiger partial charge in [0.05, 0.1) is 12.7 Å². The third-order valence-electron chi connectivity index (χ3n) is 4.55. The number of benzene rings is 4. The molecule has 0 saturated heterocycles. The molecule has 27 heavy (non-hydrogen) atoms. The molecule has 4 rings (SSSR count). The van der Waals surface area contributed by atoms with Crippen molar-refractivity contribution in [2.75, 3.05) is 12.0 Å². The fraction of sp³-hybridized carbons (Fsp3) is 0.0417. The van der Waals surface area contributed by atoms with Gasteiger partial charge in [-0.3, -0.25) is 0 Å². The van der Waals surface area contributed by atoms with Gasteiger partial charge in [0.1, 0.15) is 0 Å². The Morgan fingerprint density at radius 3 is 1.96 bits per heavy atom. The molecule has 0 spiro atoms. The third-order valence-corrected chi connectivity index (χ3v) is 4.55. The van der Waals surface area contributed by atoms with Crippen molar-refractivity contribution in [1.29, 1.82) is 0 Å². The number of nitrogens with zero attached hydrogens (tertiary/aromatic N) is 1. The molecular formula is C24H19NO2. The van der Waals surface area contributed by atoms with Crippen LogP contribution in [0.3, 0.4) is 0 Å². The number of fused-ring (bicyclic) bond motifs is 1. The molecule has 0 amide bonds. The molecule has 0 aliphatic carbocycles. The Morgan fingerprint density at radius 1 is 0.667 bits per heavy atom. The lowest BCUT2D eigenvalue weighted by molar-refractivity contribution is 0.0601. The van der Waals surface area contributed by atoms with Gasteiger partial charge in [0.15, 0.2) is 0 Å². The first kappa shape index (κ1) is 16.9. The number of para-hydroxylation sites is 1. The SMILES string of the molecule is COC(=O)c1ccc(N(c2ccccc2)c2ccc3ccccc3c2)cc1. The Morgan fingerprint density at radius 2 is 1.26 bits per heavy atom. The number of methoxy groups -OCH3 is 1. The van der Waals surface area contributed by atoms with Gasteiger partial charge in [0.25, 0.3) is 0 Å². The summed E-state index contributed by atoms with van der Waals surface area (Å²) >= 11 is 0. The van der Waals surface area contributed by atoms with Crippen molar-refractivity contribution in [3.8, 4) is 0 Å². The largest absolute Gasteiger partial charge is 0.465 e. The lowest BCUT2D eigenvalue weighted by Gasteiger charge is -2.26. The van der Waals surface area contributed by atoms with Crippen molar-refractivity contribution in [2.45, 2.75) is 0 Å². The van der Waals surface area contributed by atoms with Crippen molar-refractivity contribution >= 4 is 33.8 Å². The van der Waals surface area contributed by atoms with Crippen LogP contribution in [0.1, 0.15) is 10.4 Å². The maximum atomic E-state index is 11.7. The number of carbonyl (C=O) groups excluding carboxylic acids is 1. The van der Waals surface area contributed by atoms with Gasteiger partial charge in [-0.1, -0.05) is 48.5 Å². The topological polar surface area (TPSA) is 29.5 Å². The average Bonchev–Trinajstić information content (AvgIpc) is 2.74. The lowest BCUT2D eigenvalue weighted by Crippen LogP contribution is -2.10. The van der Waals surface area contributed by atoms with E-state index in [1.807, 2.05) is 42.5 Å². The first-order valence-corrected chi connectivity index (χ1v) is 8.78. The fourth-order valence-corrected chi connectivity index (χ4v) is 3.20. The highest BCUT2D eigenvalue weighted by molar-refractivity contribution is 5.91. The molecular weight excluding hydrogens is 334 g/mol. The Hall–Kier alpha value is -3.59. The van der Waals surface area contributed by atoms with Crippen LogP contribution in [0.15, 0.2) is 97.1 Å². The minimum Gasteiger partial charge on any atom is -0.465 e. The third kappa shape index (κ3) is 3.40. The number of ether oxygens (including phenoxy) is 1. The van der Waals surface area contributed by atoms with E-state index in [0.29, 0.717) is 5.56 Å². The first-order valence-electron chi connectivity index (χ1n) is 8.78. The molecule has 0 aliphatic rings. The average molecular weight is 353 g/mol. The van der Waals surface area contributed by atoms with E-state index in [2.05, 4.69) is 47.4 Å². The van der Waals surface area contributed by atoms with Gasteiger partial charge in [-0.05, 0) is 59.3 Å². The molecule has 0 fully saturated rings. The molecule has 0 atom stereocenters. The van der Waals surface area contributed by atoms with Crippen molar-refractivity contribution < 1.29 is 9.53 Å². The number of esters is 1. The van der Waals surface area contributed by atoms with Crippen molar-refractivity contribution in [3.63, 3.8) is 0 Å². The Balaban J connectivity index is 1.83. The van der Waals surface area contributed by atoms with Gasteiger partial charge in [0.2, 0.25) is 0 Å². The van der Waals surface area contributed by atoms with E-state index in [1.54, 1.807) is 12.1 Å². The minimum atomic E-state index is -0.335. The van der Waals surface area contributed by atoms with Gasteiger partial charge >= 0.3 is 5.97 Å². The number of rotatable bonds is 4. The Kier molecular flexibility index (Phi) is 4.58. The van der Waals surface area contributed by atoms with Crippen LogP contribution in [-0.4, -0.2) is 13.1 Å². The van der Waals surface area contributed by atoms with E-state index < -0.39 is 0 Å². The summed E-state index contributed by atoms with van der Waals surface area (Å²) in [5.41, 5.74) is 3.63. The molecule has 132 valence electrons. The number of hydrogen-bond donors (Lipinski definition) is 0. The molecule has 0 saturated carbocycles. The van der Waals surface area contributed by atoms with Gasteiger partial charge < -0.3 is 9.64 Å². The van der Waals surface area contributed by atoms with Crippen LogP contribution in [0.2, 0.25) is 0 Å². The van der Waals surface area contributed by atoms with E-state index in [1.165, 1.54) is 17.9 Å². The first-order chi connectivity index (χ1) is 13.3. The zero-order valence-electron chi connectivity index (χ0n) is 15.0. The minimum absolute atomic E-state index is 0.335. The second kappa shape index (κ2) is 7.34. The van der Waals surface area contributed by atoms with Crippen LogP contribution in [0, 0.1) is 0 Å². The quantitative estimate of drug-likeness (QED) is 0.415. The summed E-state index contributed by atoms with van der Waals surface area (Å²) in [4.78, 5) is 13.9. The predicted octanol–water partition coefficient (Wildman–Crippen LogP) is 6.10. The maximum absolute atomic E-state index is 11.7. The maximum Gasteiger partial charge on any atom is 0.337 e. The van der Waals surface area contributed by atoms with Crippen molar-refractivity contribution in [2.24, 2.45) is 0 Å². The van der Waals surface area contributed by atoms with Gasteiger partial charge in [-0.2, -0.15) is 0 Å². The van der Waals surface area contributed by atoms with Crippen LogP contribution < -0.4 is 4.90 Å². The Labute approximate surface area is 158 Å². The van der Waals surface area contributed by atoms with Gasteiger partial charge in [-0.15, -0.1) is 0 Å². The van der Waals surface area contributed by atoms with Crippen LogP contribution in [-0.2, 0) is 4.74 Å². The molecule has 0 aromatic heterocycles. The fourth-order valence-electron chi connectivity index (χ4n) is 3.20. The summed E-state index contributed by atoms with van der Waals surface area (Å²) in [6, 6.07) is 32.4. The van der Waals surface area contributed by atoms with Crippen LogP contribution in [0.25, 0.3) is 10.8 Å². The van der Waals surface area contributed by atoms with E-state index in [-0.39, 0.29) is 5.97 Å². The highest BCUT2D eigenvalue weighted by atomic mass is 16.5. The standard InChI is InChI=1S/C24H19NO2/c1-27-24(26)19-12-14-22(15-13-19)25(21-9-3-2-4-10-21)23-16-11-18-7-5-6-8-20(18)17-23/h2-17H,1H3. The summed E-state index contributed by atoms with van der Waals surface area (Å²) in [5, 5.41) is 2.39. The predicted molar refractivity (Wildman–Crippen MR) is 110 cm³/mol. The van der Waals surface area contributed by atoms with Crippen molar-refractivity contribution in [3.05, 3.63) is 103 Å². The van der Waals surface area contributed by atoms with Crippen LogP contribution in [0.5, 0.6) is 0 Å². The highest BCUT2D eigenvalue weighted by Gasteiger charge is 2.14.